The lowest BCUT2D eigenvalue weighted by atomic mass is 10.1. The Balaban J connectivity index is 1.39. The quantitative estimate of drug-likeness (QED) is 0.788. The van der Waals surface area contributed by atoms with Gasteiger partial charge >= 0.3 is 0 Å². The molecule has 2 saturated heterocycles. The van der Waals surface area contributed by atoms with Crippen LogP contribution in [-0.4, -0.2) is 42.9 Å². The van der Waals surface area contributed by atoms with Crippen LogP contribution in [0.2, 0.25) is 0 Å². The molecule has 4 rings (SSSR count). The van der Waals surface area contributed by atoms with E-state index in [9.17, 15) is 9.59 Å². The molecule has 0 spiro atoms. The average Bonchev–Trinajstić information content (AvgIpc) is 3.40. The van der Waals surface area contributed by atoms with Crippen LogP contribution in [0.25, 0.3) is 0 Å². The summed E-state index contributed by atoms with van der Waals surface area (Å²) in [6.07, 6.45) is 4.36. The summed E-state index contributed by atoms with van der Waals surface area (Å²) in [5, 5.41) is 3.24. The van der Waals surface area contributed by atoms with Gasteiger partial charge in [0, 0.05) is 25.2 Å². The molecule has 2 aliphatic heterocycles. The molecule has 1 atom stereocenters. The molecule has 5 nitrogen and oxygen atoms in total. The molecule has 2 aromatic carbocycles. The number of nitrogens with one attached hydrogen (secondary N) is 1. The van der Waals surface area contributed by atoms with Gasteiger partial charge in [-0.1, -0.05) is 42.5 Å². The van der Waals surface area contributed by atoms with Gasteiger partial charge in [-0.3, -0.25) is 9.59 Å². The summed E-state index contributed by atoms with van der Waals surface area (Å²) in [5.74, 6) is 0.214. The first-order chi connectivity index (χ1) is 14.2. The fourth-order valence-electron chi connectivity index (χ4n) is 4.29. The van der Waals surface area contributed by atoms with Gasteiger partial charge in [-0.15, -0.1) is 0 Å². The van der Waals surface area contributed by atoms with E-state index in [1.165, 1.54) is 12.8 Å². The zero-order valence-corrected chi connectivity index (χ0v) is 16.8. The van der Waals surface area contributed by atoms with Crippen LogP contribution in [0.15, 0.2) is 54.6 Å². The summed E-state index contributed by atoms with van der Waals surface area (Å²) in [7, 11) is 0. The van der Waals surface area contributed by atoms with E-state index < -0.39 is 0 Å². The Morgan fingerprint density at radius 2 is 1.66 bits per heavy atom. The van der Waals surface area contributed by atoms with Crippen molar-refractivity contribution in [3.05, 3.63) is 65.7 Å². The molecule has 0 radical (unpaired) electrons. The minimum Gasteiger partial charge on any atom is -0.348 e. The lowest BCUT2D eigenvalue weighted by molar-refractivity contribution is -0.121. The van der Waals surface area contributed by atoms with Gasteiger partial charge in [0.05, 0.1) is 12.5 Å². The number of amides is 2. The van der Waals surface area contributed by atoms with Crippen LogP contribution >= 0.6 is 0 Å². The summed E-state index contributed by atoms with van der Waals surface area (Å²) < 4.78 is 0. The van der Waals surface area contributed by atoms with E-state index in [0.29, 0.717) is 12.8 Å². The molecule has 0 aliphatic carbocycles. The Hall–Kier alpha value is -2.66. The topological polar surface area (TPSA) is 52.7 Å². The summed E-state index contributed by atoms with van der Waals surface area (Å²) >= 11 is 0. The van der Waals surface area contributed by atoms with Crippen LogP contribution in [0.1, 0.15) is 42.9 Å². The fourth-order valence-corrected chi connectivity index (χ4v) is 4.29. The summed E-state index contributed by atoms with van der Waals surface area (Å²) in [6, 6.07) is 18.0. The smallest absolute Gasteiger partial charge is 0.227 e. The van der Waals surface area contributed by atoms with E-state index in [-0.39, 0.29) is 17.9 Å². The number of nitrogens with zero attached hydrogens (tertiary/aromatic N) is 2. The lowest BCUT2D eigenvalue weighted by Gasteiger charge is -2.25. The van der Waals surface area contributed by atoms with E-state index >= 15 is 0 Å². The number of carbonyl (C=O) groups is 2. The van der Waals surface area contributed by atoms with Gasteiger partial charge in [0.25, 0.3) is 0 Å². The normalized spacial score (nSPS) is 18.2. The second kappa shape index (κ2) is 9.23. The number of rotatable bonds is 7. The van der Waals surface area contributed by atoms with Gasteiger partial charge in [-0.05, 0) is 55.6 Å². The maximum absolute atomic E-state index is 12.8. The lowest BCUT2D eigenvalue weighted by Crippen LogP contribution is -2.37. The Bertz CT molecular complexity index is 829. The maximum Gasteiger partial charge on any atom is 0.227 e. The van der Waals surface area contributed by atoms with E-state index in [4.69, 9.17) is 0 Å². The first-order valence-electron chi connectivity index (χ1n) is 10.6. The molecule has 0 saturated carbocycles. The molecule has 2 aliphatic rings. The molecule has 2 fully saturated rings. The number of anilines is 1. The van der Waals surface area contributed by atoms with Gasteiger partial charge in [0.2, 0.25) is 11.8 Å². The zero-order valence-electron chi connectivity index (χ0n) is 16.8. The Labute approximate surface area is 172 Å². The minimum absolute atomic E-state index is 0.00305. The van der Waals surface area contributed by atoms with E-state index in [2.05, 4.69) is 22.3 Å². The van der Waals surface area contributed by atoms with E-state index in [0.717, 1.165) is 49.4 Å². The van der Waals surface area contributed by atoms with Crippen LogP contribution in [-0.2, 0) is 16.0 Å². The molecule has 2 aromatic rings. The molecule has 0 aromatic heterocycles. The van der Waals surface area contributed by atoms with Crippen molar-refractivity contribution in [3.8, 4) is 0 Å². The Morgan fingerprint density at radius 3 is 2.31 bits per heavy atom. The predicted octanol–water partition coefficient (Wildman–Crippen LogP) is 3.31. The fraction of sp³-hybridized carbons (Fsp3) is 0.417. The summed E-state index contributed by atoms with van der Waals surface area (Å²) in [6.45, 7) is 3.85. The number of hydrogen-bond acceptors (Lipinski definition) is 3. The highest BCUT2D eigenvalue weighted by atomic mass is 16.2. The van der Waals surface area contributed by atoms with Crippen molar-refractivity contribution < 1.29 is 9.59 Å². The van der Waals surface area contributed by atoms with Gasteiger partial charge in [0.1, 0.15) is 0 Å². The molecule has 29 heavy (non-hydrogen) atoms. The third kappa shape index (κ3) is 5.04. The predicted molar refractivity (Wildman–Crippen MR) is 115 cm³/mol. The van der Waals surface area contributed by atoms with Crippen LogP contribution in [0.4, 0.5) is 5.69 Å². The van der Waals surface area contributed by atoms with Crippen LogP contribution in [0, 0.1) is 0 Å². The van der Waals surface area contributed by atoms with Crippen molar-refractivity contribution >= 4 is 17.5 Å². The number of likely N-dealkylation sites (tertiary alicyclic amines) is 1. The Kier molecular flexibility index (Phi) is 6.25. The van der Waals surface area contributed by atoms with Crippen LogP contribution in [0.3, 0.4) is 0 Å². The minimum atomic E-state index is 0.00305. The maximum atomic E-state index is 12.8. The highest BCUT2D eigenvalue weighted by Crippen LogP contribution is 2.22. The van der Waals surface area contributed by atoms with Gasteiger partial charge in [-0.25, -0.2) is 0 Å². The molecule has 0 bridgehead atoms. The monoisotopic (exact) mass is 391 g/mol. The van der Waals surface area contributed by atoms with Crippen LogP contribution < -0.4 is 10.2 Å². The third-order valence-electron chi connectivity index (χ3n) is 5.86. The van der Waals surface area contributed by atoms with Crippen LogP contribution in [0.5, 0.6) is 0 Å². The third-order valence-corrected chi connectivity index (χ3v) is 5.86. The Morgan fingerprint density at radius 1 is 0.931 bits per heavy atom. The van der Waals surface area contributed by atoms with Crippen molar-refractivity contribution in [2.24, 2.45) is 0 Å². The van der Waals surface area contributed by atoms with Gasteiger partial charge in [0.15, 0.2) is 0 Å². The highest BCUT2D eigenvalue weighted by molar-refractivity contribution is 5.95. The van der Waals surface area contributed by atoms with Gasteiger partial charge < -0.3 is 15.1 Å². The van der Waals surface area contributed by atoms with Gasteiger partial charge in [-0.2, -0.15) is 0 Å². The molecule has 5 heteroatoms. The standard InChI is InChI=1S/C24H29N3O2/c28-23(17-19-10-12-21(13-11-19)27-16-6-9-24(27)29)25-22(18-26-14-4-5-15-26)20-7-2-1-3-8-20/h1-3,7-8,10-13,22H,4-6,9,14-18H2,(H,25,28). The zero-order chi connectivity index (χ0) is 20.1. The van der Waals surface area contributed by atoms with Crippen molar-refractivity contribution in [1.82, 2.24) is 10.2 Å². The molecular formula is C24H29N3O2. The molecule has 152 valence electrons. The highest BCUT2D eigenvalue weighted by Gasteiger charge is 2.22. The van der Waals surface area contributed by atoms with Crippen molar-refractivity contribution in [1.29, 1.82) is 0 Å². The molecule has 2 heterocycles. The SMILES string of the molecule is O=C(Cc1ccc(N2CCCC2=O)cc1)NC(CN1CCCC1)c1ccccc1. The van der Waals surface area contributed by atoms with Crippen molar-refractivity contribution in [2.75, 3.05) is 31.1 Å². The number of hydrogen-bond donors (Lipinski definition) is 1. The van der Waals surface area contributed by atoms with E-state index in [1.807, 2.05) is 47.4 Å². The largest absolute Gasteiger partial charge is 0.348 e. The number of carbonyl (C=O) groups excluding carboxylic acids is 2. The first kappa shape index (κ1) is 19.6. The van der Waals surface area contributed by atoms with Crippen molar-refractivity contribution in [3.63, 3.8) is 0 Å². The average molecular weight is 392 g/mol. The molecule has 1 unspecified atom stereocenters. The molecule has 1 N–H and O–H groups in total. The van der Waals surface area contributed by atoms with E-state index in [1.54, 1.807) is 0 Å². The van der Waals surface area contributed by atoms with Crippen molar-refractivity contribution in [2.45, 2.75) is 38.1 Å². The number of benzene rings is 2. The second-order valence-electron chi connectivity index (χ2n) is 8.03. The molecular weight excluding hydrogens is 362 g/mol. The summed E-state index contributed by atoms with van der Waals surface area (Å²) in [5.41, 5.74) is 3.04. The molecule has 2 amide bonds. The second-order valence-corrected chi connectivity index (χ2v) is 8.03. The summed E-state index contributed by atoms with van der Waals surface area (Å²) in [4.78, 5) is 28.9. The first-order valence-corrected chi connectivity index (χ1v) is 10.6.